The van der Waals surface area contributed by atoms with E-state index in [1.54, 1.807) is 10.9 Å². The molecule has 6 heteroatoms. The first-order valence-electron chi connectivity index (χ1n) is 7.62. The number of urea groups is 1. The molecule has 1 aromatic heterocycles. The molecule has 0 aliphatic heterocycles. The molecule has 0 saturated carbocycles. The summed E-state index contributed by atoms with van der Waals surface area (Å²) in [6.45, 7) is 5.06. The van der Waals surface area contributed by atoms with Crippen molar-refractivity contribution in [1.29, 1.82) is 5.26 Å². The van der Waals surface area contributed by atoms with Gasteiger partial charge in [0.05, 0.1) is 18.3 Å². The molecule has 2 N–H and O–H groups in total. The van der Waals surface area contributed by atoms with Gasteiger partial charge in [0.15, 0.2) is 0 Å². The van der Waals surface area contributed by atoms with Crippen molar-refractivity contribution in [2.24, 2.45) is 0 Å². The molecule has 0 bridgehead atoms. The molecule has 0 fully saturated rings. The van der Waals surface area contributed by atoms with Gasteiger partial charge in [-0.25, -0.2) is 4.79 Å². The number of amides is 2. The fourth-order valence-corrected chi connectivity index (χ4v) is 2.26. The number of nitrogens with one attached hydrogen (secondary N) is 2. The predicted molar refractivity (Wildman–Crippen MR) is 87.8 cm³/mol. The van der Waals surface area contributed by atoms with Crippen LogP contribution < -0.4 is 10.6 Å². The number of aromatic nitrogens is 2. The Hall–Kier alpha value is -2.81. The molecule has 2 aromatic rings. The second-order valence-electron chi connectivity index (χ2n) is 5.49. The van der Waals surface area contributed by atoms with E-state index in [4.69, 9.17) is 5.26 Å². The van der Waals surface area contributed by atoms with Crippen molar-refractivity contribution < 1.29 is 4.79 Å². The summed E-state index contributed by atoms with van der Waals surface area (Å²) in [5, 5.41) is 18.5. The number of hydrogen-bond acceptors (Lipinski definition) is 3. The van der Waals surface area contributed by atoms with Gasteiger partial charge < -0.3 is 10.6 Å². The van der Waals surface area contributed by atoms with Crippen molar-refractivity contribution >= 4 is 6.03 Å². The molecular formula is C17H21N5O. The van der Waals surface area contributed by atoms with E-state index in [0.717, 1.165) is 0 Å². The third-order valence-corrected chi connectivity index (χ3v) is 3.82. The van der Waals surface area contributed by atoms with Crippen LogP contribution in [-0.2, 0) is 6.54 Å². The van der Waals surface area contributed by atoms with Crippen LogP contribution in [0.1, 0.15) is 30.9 Å². The molecule has 1 heterocycles. The molecule has 23 heavy (non-hydrogen) atoms. The second-order valence-corrected chi connectivity index (χ2v) is 5.49. The molecule has 0 spiro atoms. The molecule has 0 aliphatic rings. The van der Waals surface area contributed by atoms with Gasteiger partial charge in [-0.3, -0.25) is 4.68 Å². The van der Waals surface area contributed by atoms with Crippen LogP contribution in [0.5, 0.6) is 0 Å². The lowest BCUT2D eigenvalue weighted by Gasteiger charge is -2.22. The zero-order chi connectivity index (χ0) is 16.7. The summed E-state index contributed by atoms with van der Waals surface area (Å²) in [5.41, 5.74) is 1.71. The van der Waals surface area contributed by atoms with Gasteiger partial charge in [-0.2, -0.15) is 10.4 Å². The van der Waals surface area contributed by atoms with Crippen molar-refractivity contribution in [2.75, 3.05) is 6.54 Å². The average Bonchev–Trinajstić information content (AvgIpc) is 3.03. The minimum atomic E-state index is -0.201. The highest BCUT2D eigenvalue weighted by molar-refractivity contribution is 5.74. The molecule has 2 rings (SSSR count). The highest BCUT2D eigenvalue weighted by Gasteiger charge is 2.16. The molecule has 0 aliphatic carbocycles. The lowest BCUT2D eigenvalue weighted by Crippen LogP contribution is -2.43. The zero-order valence-corrected chi connectivity index (χ0v) is 13.4. The minimum absolute atomic E-state index is 0.0206. The number of carbonyl (C=O) groups excluding carboxylic acids is 1. The Morgan fingerprint density at radius 2 is 2.09 bits per heavy atom. The topological polar surface area (TPSA) is 82.7 Å². The van der Waals surface area contributed by atoms with Crippen LogP contribution in [0, 0.1) is 11.3 Å². The van der Waals surface area contributed by atoms with E-state index < -0.39 is 0 Å². The SMILES string of the molecule is C[C@H](NC(=O)NCCn1cc(C#N)cn1)[C@H](C)c1ccccc1. The first kappa shape index (κ1) is 16.6. The van der Waals surface area contributed by atoms with Crippen molar-refractivity contribution in [3.63, 3.8) is 0 Å². The number of rotatable bonds is 6. The van der Waals surface area contributed by atoms with Gasteiger partial charge >= 0.3 is 6.03 Å². The van der Waals surface area contributed by atoms with Crippen molar-refractivity contribution in [3.8, 4) is 6.07 Å². The van der Waals surface area contributed by atoms with Crippen LogP contribution in [0.25, 0.3) is 0 Å². The van der Waals surface area contributed by atoms with Crippen molar-refractivity contribution in [2.45, 2.75) is 32.4 Å². The van der Waals surface area contributed by atoms with Gasteiger partial charge in [0.2, 0.25) is 0 Å². The molecule has 0 unspecified atom stereocenters. The maximum Gasteiger partial charge on any atom is 0.315 e. The first-order valence-corrected chi connectivity index (χ1v) is 7.62. The standard InChI is InChI=1S/C17H21N5O/c1-13(16-6-4-3-5-7-16)14(2)21-17(23)19-8-9-22-12-15(10-18)11-20-22/h3-7,11-14H,8-9H2,1-2H3,(H2,19,21,23)/t13-,14-/m0/s1. The van der Waals surface area contributed by atoms with Crippen LogP contribution in [0.3, 0.4) is 0 Å². The van der Waals surface area contributed by atoms with Crippen LogP contribution in [-0.4, -0.2) is 28.4 Å². The van der Waals surface area contributed by atoms with Gasteiger partial charge in [-0.1, -0.05) is 37.3 Å². The number of nitriles is 1. The maximum atomic E-state index is 11.9. The number of hydrogen-bond donors (Lipinski definition) is 2. The molecule has 1 aromatic carbocycles. The molecule has 2 atom stereocenters. The summed E-state index contributed by atoms with van der Waals surface area (Å²) in [4.78, 5) is 11.9. The summed E-state index contributed by atoms with van der Waals surface area (Å²) in [6, 6.07) is 11.9. The fraction of sp³-hybridized carbons (Fsp3) is 0.353. The maximum absolute atomic E-state index is 11.9. The Kier molecular flexibility index (Phi) is 5.75. The quantitative estimate of drug-likeness (QED) is 0.858. The van der Waals surface area contributed by atoms with Crippen molar-refractivity contribution in [1.82, 2.24) is 20.4 Å². The molecule has 0 saturated heterocycles. The fourth-order valence-electron chi connectivity index (χ4n) is 2.26. The molecule has 0 radical (unpaired) electrons. The Bertz CT molecular complexity index is 674. The van der Waals surface area contributed by atoms with E-state index in [1.807, 2.05) is 31.2 Å². The van der Waals surface area contributed by atoms with Crippen molar-refractivity contribution in [3.05, 3.63) is 53.9 Å². The summed E-state index contributed by atoms with van der Waals surface area (Å²) < 4.78 is 1.63. The number of nitrogens with zero attached hydrogens (tertiary/aromatic N) is 3. The smallest absolute Gasteiger partial charge is 0.315 e. The molecule has 120 valence electrons. The monoisotopic (exact) mass is 311 g/mol. The summed E-state index contributed by atoms with van der Waals surface area (Å²) in [5.74, 6) is 0.228. The van der Waals surface area contributed by atoms with Gasteiger partial charge in [-0.15, -0.1) is 0 Å². The van der Waals surface area contributed by atoms with E-state index in [2.05, 4.69) is 34.8 Å². The van der Waals surface area contributed by atoms with Gasteiger partial charge in [-0.05, 0) is 12.5 Å². The van der Waals surface area contributed by atoms with Crippen LogP contribution >= 0.6 is 0 Å². The lowest BCUT2D eigenvalue weighted by molar-refractivity contribution is 0.235. The van der Waals surface area contributed by atoms with Crippen LogP contribution in [0.2, 0.25) is 0 Å². The summed E-state index contributed by atoms with van der Waals surface area (Å²) >= 11 is 0. The summed E-state index contributed by atoms with van der Waals surface area (Å²) in [7, 11) is 0. The van der Waals surface area contributed by atoms with E-state index in [-0.39, 0.29) is 18.0 Å². The molecule has 2 amide bonds. The Balaban J connectivity index is 1.75. The minimum Gasteiger partial charge on any atom is -0.336 e. The lowest BCUT2D eigenvalue weighted by atomic mass is 9.95. The molecular weight excluding hydrogens is 290 g/mol. The Labute approximate surface area is 136 Å². The highest BCUT2D eigenvalue weighted by Crippen LogP contribution is 2.18. The third-order valence-electron chi connectivity index (χ3n) is 3.82. The Morgan fingerprint density at radius 3 is 2.74 bits per heavy atom. The van der Waals surface area contributed by atoms with E-state index in [1.165, 1.54) is 11.8 Å². The van der Waals surface area contributed by atoms with Gasteiger partial charge in [0.25, 0.3) is 0 Å². The van der Waals surface area contributed by atoms with Gasteiger partial charge in [0, 0.05) is 24.7 Å². The average molecular weight is 311 g/mol. The molecule has 6 nitrogen and oxygen atoms in total. The Morgan fingerprint density at radius 1 is 1.35 bits per heavy atom. The third kappa shape index (κ3) is 4.85. The summed E-state index contributed by atoms with van der Waals surface area (Å²) in [6.07, 6.45) is 3.16. The zero-order valence-electron chi connectivity index (χ0n) is 13.4. The largest absolute Gasteiger partial charge is 0.336 e. The normalized spacial score (nSPS) is 12.9. The predicted octanol–water partition coefficient (Wildman–Crippen LogP) is 2.25. The second kappa shape index (κ2) is 7.99. The van der Waals surface area contributed by atoms with Gasteiger partial charge in [0.1, 0.15) is 6.07 Å². The van der Waals surface area contributed by atoms with E-state index in [0.29, 0.717) is 18.7 Å². The van der Waals surface area contributed by atoms with E-state index >= 15 is 0 Å². The van der Waals surface area contributed by atoms with E-state index in [9.17, 15) is 4.79 Å². The van der Waals surface area contributed by atoms with Crippen LogP contribution in [0.4, 0.5) is 4.79 Å². The first-order chi connectivity index (χ1) is 11.1. The van der Waals surface area contributed by atoms with Crippen LogP contribution in [0.15, 0.2) is 42.7 Å². The number of benzene rings is 1. The highest BCUT2D eigenvalue weighted by atomic mass is 16.2. The number of carbonyl (C=O) groups is 1.